The first-order valence-corrected chi connectivity index (χ1v) is 5.41. The highest BCUT2D eigenvalue weighted by molar-refractivity contribution is 5.72. The molecule has 0 radical (unpaired) electrons. The smallest absolute Gasteiger partial charge is 0.126 e. The van der Waals surface area contributed by atoms with Crippen molar-refractivity contribution in [3.8, 4) is 0 Å². The third-order valence-electron chi connectivity index (χ3n) is 0.879. The number of aliphatic hydroxyl groups excluding tert-OH is 2. The standard InChI is InChI=1S/C4H10O3.C4H10O.C3H6O/c5-1-3-7-4-2-6;1-3-5-4-2;1-3(2)4/h5-6H,1-4H2;3-4H2,1-2H3;1-2H3. The highest BCUT2D eigenvalue weighted by Crippen LogP contribution is 1.68. The first-order chi connectivity index (χ1) is 7.56. The molecule has 0 aliphatic carbocycles. The van der Waals surface area contributed by atoms with Gasteiger partial charge < -0.3 is 24.5 Å². The second-order valence-electron chi connectivity index (χ2n) is 2.75. The van der Waals surface area contributed by atoms with Crippen LogP contribution in [-0.4, -0.2) is 55.6 Å². The molecule has 100 valence electrons. The molecular weight excluding hydrogens is 212 g/mol. The van der Waals surface area contributed by atoms with E-state index in [0.29, 0.717) is 13.2 Å². The lowest BCUT2D eigenvalue weighted by molar-refractivity contribution is -0.114. The van der Waals surface area contributed by atoms with E-state index in [0.717, 1.165) is 13.2 Å². The molecule has 5 nitrogen and oxygen atoms in total. The molecule has 16 heavy (non-hydrogen) atoms. The van der Waals surface area contributed by atoms with Gasteiger partial charge in [-0.25, -0.2) is 0 Å². The van der Waals surface area contributed by atoms with E-state index in [4.69, 9.17) is 14.9 Å². The second-order valence-corrected chi connectivity index (χ2v) is 2.75. The van der Waals surface area contributed by atoms with Gasteiger partial charge in [0.1, 0.15) is 5.78 Å². The van der Waals surface area contributed by atoms with Crippen LogP contribution in [0.3, 0.4) is 0 Å². The molecule has 0 unspecified atom stereocenters. The van der Waals surface area contributed by atoms with Crippen LogP contribution in [0.2, 0.25) is 0 Å². The molecule has 2 N–H and O–H groups in total. The average molecular weight is 238 g/mol. The van der Waals surface area contributed by atoms with Gasteiger partial charge in [0.05, 0.1) is 26.4 Å². The van der Waals surface area contributed by atoms with Gasteiger partial charge in [0.15, 0.2) is 0 Å². The molecule has 0 aliphatic rings. The first-order valence-electron chi connectivity index (χ1n) is 5.41. The molecule has 0 spiro atoms. The van der Waals surface area contributed by atoms with E-state index in [9.17, 15) is 4.79 Å². The Hall–Kier alpha value is -0.490. The molecule has 0 amide bonds. The Morgan fingerprint density at radius 1 is 0.938 bits per heavy atom. The van der Waals surface area contributed by atoms with Crippen molar-refractivity contribution in [3.05, 3.63) is 0 Å². The Labute approximate surface area is 98.4 Å². The van der Waals surface area contributed by atoms with Crippen molar-refractivity contribution in [2.24, 2.45) is 0 Å². The quantitative estimate of drug-likeness (QED) is 0.664. The Morgan fingerprint density at radius 2 is 1.25 bits per heavy atom. The second kappa shape index (κ2) is 24.0. The molecule has 0 bridgehead atoms. The molecule has 0 fully saturated rings. The van der Waals surface area contributed by atoms with Gasteiger partial charge in [0, 0.05) is 13.2 Å². The molecule has 0 aromatic carbocycles. The van der Waals surface area contributed by atoms with Crippen LogP contribution in [0.25, 0.3) is 0 Å². The summed E-state index contributed by atoms with van der Waals surface area (Å²) < 4.78 is 9.47. The Bertz CT molecular complexity index is 107. The van der Waals surface area contributed by atoms with E-state index in [-0.39, 0.29) is 19.0 Å². The zero-order valence-electron chi connectivity index (χ0n) is 10.9. The van der Waals surface area contributed by atoms with E-state index < -0.39 is 0 Å². The Morgan fingerprint density at radius 3 is 1.38 bits per heavy atom. The summed E-state index contributed by atoms with van der Waals surface area (Å²) in [5, 5.41) is 16.2. The van der Waals surface area contributed by atoms with Crippen molar-refractivity contribution in [2.75, 3.05) is 39.6 Å². The van der Waals surface area contributed by atoms with Crippen molar-refractivity contribution < 1.29 is 24.5 Å². The monoisotopic (exact) mass is 238 g/mol. The van der Waals surface area contributed by atoms with Crippen molar-refractivity contribution >= 4 is 5.78 Å². The molecule has 0 saturated heterocycles. The van der Waals surface area contributed by atoms with Crippen molar-refractivity contribution in [1.29, 1.82) is 0 Å². The lowest BCUT2D eigenvalue weighted by Crippen LogP contribution is -2.03. The minimum absolute atomic E-state index is 0.0278. The number of hydrogen-bond acceptors (Lipinski definition) is 5. The maximum Gasteiger partial charge on any atom is 0.126 e. The van der Waals surface area contributed by atoms with Crippen LogP contribution in [0.1, 0.15) is 27.7 Å². The molecular formula is C11H26O5. The number of hydrogen-bond donors (Lipinski definition) is 2. The number of ether oxygens (including phenoxy) is 2. The summed E-state index contributed by atoms with van der Waals surface area (Å²) in [7, 11) is 0. The van der Waals surface area contributed by atoms with E-state index in [2.05, 4.69) is 4.74 Å². The maximum atomic E-state index is 9.44. The van der Waals surface area contributed by atoms with Gasteiger partial charge in [-0.2, -0.15) is 0 Å². The van der Waals surface area contributed by atoms with Crippen LogP contribution in [0.15, 0.2) is 0 Å². The molecule has 0 rings (SSSR count). The third-order valence-corrected chi connectivity index (χ3v) is 0.879. The fourth-order valence-electron chi connectivity index (χ4n) is 0.435. The summed E-state index contributed by atoms with van der Waals surface area (Å²) in [5.74, 6) is 0.167. The summed E-state index contributed by atoms with van der Waals surface area (Å²) in [6.45, 7) is 9.42. The molecule has 0 aromatic heterocycles. The summed E-state index contributed by atoms with van der Waals surface area (Å²) in [6.07, 6.45) is 0. The fraction of sp³-hybridized carbons (Fsp3) is 0.909. The van der Waals surface area contributed by atoms with Crippen LogP contribution in [0.4, 0.5) is 0 Å². The summed E-state index contributed by atoms with van der Waals surface area (Å²) in [4.78, 5) is 9.44. The molecule has 0 saturated carbocycles. The van der Waals surface area contributed by atoms with Gasteiger partial charge in [0.25, 0.3) is 0 Å². The van der Waals surface area contributed by atoms with Crippen molar-refractivity contribution in [3.63, 3.8) is 0 Å². The Kier molecular flexibility index (Phi) is 31.3. The molecule has 0 atom stereocenters. The first kappa shape index (κ1) is 20.9. The van der Waals surface area contributed by atoms with Gasteiger partial charge in [-0.05, 0) is 27.7 Å². The van der Waals surface area contributed by atoms with Crippen LogP contribution >= 0.6 is 0 Å². The van der Waals surface area contributed by atoms with Crippen LogP contribution < -0.4 is 0 Å². The summed E-state index contributed by atoms with van der Waals surface area (Å²) in [5.41, 5.74) is 0. The number of aliphatic hydroxyl groups is 2. The number of carbonyl (C=O) groups excluding carboxylic acids is 1. The third kappa shape index (κ3) is 69.6. The van der Waals surface area contributed by atoms with Crippen LogP contribution in [0, 0.1) is 0 Å². The lowest BCUT2D eigenvalue weighted by Gasteiger charge is -1.94. The highest BCUT2D eigenvalue weighted by atomic mass is 16.5. The van der Waals surface area contributed by atoms with Crippen LogP contribution in [-0.2, 0) is 14.3 Å². The number of carbonyl (C=O) groups is 1. The van der Waals surface area contributed by atoms with Crippen molar-refractivity contribution in [2.45, 2.75) is 27.7 Å². The SMILES string of the molecule is CC(C)=O.CCOCC.OCCOCCO. The molecule has 5 heteroatoms. The average Bonchev–Trinajstić information content (AvgIpc) is 2.20. The van der Waals surface area contributed by atoms with E-state index >= 15 is 0 Å². The molecule has 0 aliphatic heterocycles. The highest BCUT2D eigenvalue weighted by Gasteiger charge is 1.79. The zero-order chi connectivity index (χ0) is 13.2. The fourth-order valence-corrected chi connectivity index (χ4v) is 0.435. The molecule has 0 aromatic rings. The Balaban J connectivity index is -0.000000166. The van der Waals surface area contributed by atoms with E-state index in [1.165, 1.54) is 13.8 Å². The van der Waals surface area contributed by atoms with E-state index in [1.54, 1.807) is 0 Å². The predicted molar refractivity (Wildman–Crippen MR) is 63.5 cm³/mol. The van der Waals surface area contributed by atoms with Gasteiger partial charge >= 0.3 is 0 Å². The minimum Gasteiger partial charge on any atom is -0.394 e. The largest absolute Gasteiger partial charge is 0.394 e. The maximum absolute atomic E-state index is 9.44. The number of rotatable bonds is 6. The normalized spacial score (nSPS) is 8.38. The van der Waals surface area contributed by atoms with Gasteiger partial charge in [0.2, 0.25) is 0 Å². The number of Topliss-reactive ketones (excluding diaryl/α,β-unsaturated/α-hetero) is 1. The van der Waals surface area contributed by atoms with Gasteiger partial charge in [-0.1, -0.05) is 0 Å². The topological polar surface area (TPSA) is 76.0 Å². The zero-order valence-corrected chi connectivity index (χ0v) is 10.9. The van der Waals surface area contributed by atoms with E-state index in [1.807, 2.05) is 13.8 Å². The van der Waals surface area contributed by atoms with Crippen LogP contribution in [0.5, 0.6) is 0 Å². The summed E-state index contributed by atoms with van der Waals surface area (Å²) in [6, 6.07) is 0. The summed E-state index contributed by atoms with van der Waals surface area (Å²) >= 11 is 0. The van der Waals surface area contributed by atoms with Gasteiger partial charge in [-0.3, -0.25) is 0 Å². The van der Waals surface area contributed by atoms with Gasteiger partial charge in [-0.15, -0.1) is 0 Å². The lowest BCUT2D eigenvalue weighted by atomic mass is 10.6. The minimum atomic E-state index is 0.0278. The number of ketones is 1. The molecule has 0 heterocycles. The predicted octanol–water partition coefficient (Wildman–Crippen LogP) is 0.626. The van der Waals surface area contributed by atoms with Crippen molar-refractivity contribution in [1.82, 2.24) is 0 Å².